The van der Waals surface area contributed by atoms with Crippen LogP contribution in [0.3, 0.4) is 0 Å². The topological polar surface area (TPSA) is 61.9 Å². The van der Waals surface area contributed by atoms with E-state index in [9.17, 15) is 9.59 Å². The summed E-state index contributed by atoms with van der Waals surface area (Å²) >= 11 is 0. The zero-order valence-corrected chi connectivity index (χ0v) is 9.28. The Bertz CT molecular complexity index is 276. The summed E-state index contributed by atoms with van der Waals surface area (Å²) in [4.78, 5) is 26.7. The van der Waals surface area contributed by atoms with Gasteiger partial charge in [-0.1, -0.05) is 0 Å². The first-order valence-corrected chi connectivity index (χ1v) is 5.60. The van der Waals surface area contributed by atoms with Crippen LogP contribution < -0.4 is 5.32 Å². The Morgan fingerprint density at radius 1 is 1.31 bits per heavy atom. The molecular formula is C10H17N3O3. The van der Waals surface area contributed by atoms with Gasteiger partial charge in [-0.05, 0) is 0 Å². The van der Waals surface area contributed by atoms with Crippen LogP contribution in [0.25, 0.3) is 0 Å². The minimum absolute atomic E-state index is 0.0387. The summed E-state index contributed by atoms with van der Waals surface area (Å²) in [6.45, 7) is 4.75. The van der Waals surface area contributed by atoms with Gasteiger partial charge >= 0.3 is 0 Å². The smallest absolute Gasteiger partial charge is 0.239 e. The van der Waals surface area contributed by atoms with E-state index >= 15 is 0 Å². The van der Waals surface area contributed by atoms with Crippen molar-refractivity contribution in [3.8, 4) is 0 Å². The fraction of sp³-hybridized carbons (Fsp3) is 0.800. The van der Waals surface area contributed by atoms with Crippen molar-refractivity contribution in [3.05, 3.63) is 0 Å². The first-order chi connectivity index (χ1) is 7.75. The summed E-state index contributed by atoms with van der Waals surface area (Å²) in [6.07, 6.45) is 0. The number of hydrogen-bond acceptors (Lipinski definition) is 4. The molecule has 0 aromatic carbocycles. The second kappa shape index (κ2) is 5.27. The molecule has 2 fully saturated rings. The molecule has 6 nitrogen and oxygen atoms in total. The van der Waals surface area contributed by atoms with Gasteiger partial charge in [0.25, 0.3) is 0 Å². The zero-order chi connectivity index (χ0) is 11.4. The quantitative estimate of drug-likeness (QED) is 0.609. The molecule has 2 saturated heterocycles. The van der Waals surface area contributed by atoms with Crippen LogP contribution in [-0.2, 0) is 14.3 Å². The van der Waals surface area contributed by atoms with Crippen molar-refractivity contribution >= 4 is 11.8 Å². The number of nitrogens with one attached hydrogen (secondary N) is 1. The van der Waals surface area contributed by atoms with E-state index in [1.54, 1.807) is 4.90 Å². The highest BCUT2D eigenvalue weighted by atomic mass is 16.5. The largest absolute Gasteiger partial charge is 0.379 e. The fourth-order valence-corrected chi connectivity index (χ4v) is 1.90. The molecule has 0 aromatic rings. The van der Waals surface area contributed by atoms with Crippen molar-refractivity contribution in [1.82, 2.24) is 15.1 Å². The van der Waals surface area contributed by atoms with Gasteiger partial charge in [-0.25, -0.2) is 0 Å². The van der Waals surface area contributed by atoms with Gasteiger partial charge in [0.2, 0.25) is 11.8 Å². The predicted octanol–water partition coefficient (Wildman–Crippen LogP) is -1.72. The second-order valence-corrected chi connectivity index (χ2v) is 4.05. The molecule has 0 spiro atoms. The molecular weight excluding hydrogens is 210 g/mol. The van der Waals surface area contributed by atoms with E-state index in [-0.39, 0.29) is 18.4 Å². The first-order valence-electron chi connectivity index (χ1n) is 5.60. The summed E-state index contributed by atoms with van der Waals surface area (Å²) in [5, 5.41) is 2.70. The van der Waals surface area contributed by atoms with E-state index in [0.717, 1.165) is 13.1 Å². The van der Waals surface area contributed by atoms with Crippen molar-refractivity contribution in [1.29, 1.82) is 0 Å². The van der Waals surface area contributed by atoms with Gasteiger partial charge < -0.3 is 15.0 Å². The van der Waals surface area contributed by atoms with Crippen molar-refractivity contribution in [3.63, 3.8) is 0 Å². The van der Waals surface area contributed by atoms with Gasteiger partial charge in [0.05, 0.1) is 26.3 Å². The predicted molar refractivity (Wildman–Crippen MR) is 56.8 cm³/mol. The SMILES string of the molecule is O=C1CN(C(=O)CN2CCOCC2)CCN1. The Morgan fingerprint density at radius 3 is 2.75 bits per heavy atom. The normalized spacial score (nSPS) is 23.0. The van der Waals surface area contributed by atoms with Gasteiger partial charge in [0.1, 0.15) is 0 Å². The van der Waals surface area contributed by atoms with E-state index in [4.69, 9.17) is 4.74 Å². The van der Waals surface area contributed by atoms with Crippen molar-refractivity contribution < 1.29 is 14.3 Å². The second-order valence-electron chi connectivity index (χ2n) is 4.05. The third-order valence-corrected chi connectivity index (χ3v) is 2.85. The third kappa shape index (κ3) is 2.93. The maximum absolute atomic E-state index is 11.9. The number of ether oxygens (including phenoxy) is 1. The lowest BCUT2D eigenvalue weighted by atomic mass is 10.3. The molecule has 1 N–H and O–H groups in total. The van der Waals surface area contributed by atoms with Crippen LogP contribution in [0.1, 0.15) is 0 Å². The molecule has 2 rings (SSSR count). The number of amides is 2. The number of morpholine rings is 1. The molecule has 0 atom stereocenters. The van der Waals surface area contributed by atoms with Crippen molar-refractivity contribution in [2.45, 2.75) is 0 Å². The summed E-state index contributed by atoms with van der Waals surface area (Å²) in [7, 11) is 0. The van der Waals surface area contributed by atoms with E-state index in [0.29, 0.717) is 32.8 Å². The van der Waals surface area contributed by atoms with Crippen LogP contribution in [0, 0.1) is 0 Å². The number of nitrogens with zero attached hydrogens (tertiary/aromatic N) is 2. The highest BCUT2D eigenvalue weighted by Crippen LogP contribution is 2.00. The first kappa shape index (κ1) is 11.3. The van der Waals surface area contributed by atoms with Gasteiger partial charge in [-0.15, -0.1) is 0 Å². The maximum Gasteiger partial charge on any atom is 0.239 e. The molecule has 0 aromatic heterocycles. The van der Waals surface area contributed by atoms with Crippen LogP contribution in [0.2, 0.25) is 0 Å². The fourth-order valence-electron chi connectivity index (χ4n) is 1.90. The van der Waals surface area contributed by atoms with Crippen molar-refractivity contribution in [2.75, 3.05) is 52.5 Å². The van der Waals surface area contributed by atoms with Crippen LogP contribution >= 0.6 is 0 Å². The number of hydrogen-bond donors (Lipinski definition) is 1. The minimum atomic E-state index is -0.0680. The molecule has 2 heterocycles. The lowest BCUT2D eigenvalue weighted by molar-refractivity contribution is -0.139. The van der Waals surface area contributed by atoms with Crippen molar-refractivity contribution in [2.24, 2.45) is 0 Å². The number of carbonyl (C=O) groups is 2. The molecule has 16 heavy (non-hydrogen) atoms. The summed E-state index contributed by atoms with van der Waals surface area (Å²) in [6, 6.07) is 0. The monoisotopic (exact) mass is 227 g/mol. The molecule has 2 aliphatic heterocycles. The Labute approximate surface area is 94.5 Å². The lowest BCUT2D eigenvalue weighted by Crippen LogP contribution is -2.53. The third-order valence-electron chi connectivity index (χ3n) is 2.85. The number of piperazine rings is 1. The molecule has 0 bridgehead atoms. The molecule has 0 unspecified atom stereocenters. The Hall–Kier alpha value is -1.14. The van der Waals surface area contributed by atoms with Crippen LogP contribution in [0.4, 0.5) is 0 Å². The highest BCUT2D eigenvalue weighted by molar-refractivity contribution is 5.86. The number of rotatable bonds is 2. The highest BCUT2D eigenvalue weighted by Gasteiger charge is 2.23. The van der Waals surface area contributed by atoms with Gasteiger partial charge in [0.15, 0.2) is 0 Å². The molecule has 0 saturated carbocycles. The van der Waals surface area contributed by atoms with Gasteiger partial charge in [0, 0.05) is 26.2 Å². The maximum atomic E-state index is 11.9. The average molecular weight is 227 g/mol. The Balaban J connectivity index is 1.79. The number of carbonyl (C=O) groups excluding carboxylic acids is 2. The van der Waals surface area contributed by atoms with Crippen LogP contribution in [0.15, 0.2) is 0 Å². The van der Waals surface area contributed by atoms with Gasteiger partial charge in [-0.3, -0.25) is 14.5 Å². The molecule has 2 amide bonds. The summed E-state index contributed by atoms with van der Waals surface area (Å²) < 4.78 is 5.21. The van der Waals surface area contributed by atoms with Gasteiger partial charge in [-0.2, -0.15) is 0 Å². The van der Waals surface area contributed by atoms with E-state index in [1.807, 2.05) is 0 Å². The lowest BCUT2D eigenvalue weighted by Gasteiger charge is -2.31. The van der Waals surface area contributed by atoms with Crippen LogP contribution in [-0.4, -0.2) is 74.1 Å². The minimum Gasteiger partial charge on any atom is -0.379 e. The molecule has 0 radical (unpaired) electrons. The Kier molecular flexibility index (Phi) is 3.74. The van der Waals surface area contributed by atoms with Crippen LogP contribution in [0.5, 0.6) is 0 Å². The zero-order valence-electron chi connectivity index (χ0n) is 9.28. The molecule has 2 aliphatic rings. The summed E-state index contributed by atoms with van der Waals surface area (Å²) in [5.41, 5.74) is 0. The molecule has 6 heteroatoms. The van der Waals surface area contributed by atoms with E-state index in [2.05, 4.69) is 10.2 Å². The van der Waals surface area contributed by atoms with E-state index < -0.39 is 0 Å². The molecule has 0 aliphatic carbocycles. The van der Waals surface area contributed by atoms with E-state index in [1.165, 1.54) is 0 Å². The molecule has 90 valence electrons. The Morgan fingerprint density at radius 2 is 2.06 bits per heavy atom. The standard InChI is InChI=1S/C10H17N3O3/c14-9-7-13(2-1-11-9)10(15)8-12-3-5-16-6-4-12/h1-8H2,(H,11,14). The average Bonchev–Trinajstić information content (AvgIpc) is 2.30. The summed E-state index contributed by atoms with van der Waals surface area (Å²) in [5.74, 6) is -0.0293.